The van der Waals surface area contributed by atoms with Crippen LogP contribution in [0, 0.1) is 10.1 Å². The molecule has 1 aromatic rings. The number of nitro groups is 1. The molecule has 1 saturated heterocycles. The van der Waals surface area contributed by atoms with Crippen molar-refractivity contribution in [3.05, 3.63) is 33.9 Å². The highest BCUT2D eigenvalue weighted by Gasteiger charge is 2.24. The number of carbonyl (C=O) groups excluding carboxylic acids is 1. The summed E-state index contributed by atoms with van der Waals surface area (Å²) in [6.45, 7) is 1.37. The predicted octanol–water partition coefficient (Wildman–Crippen LogP) is 2.56. The van der Waals surface area contributed by atoms with Gasteiger partial charge in [-0.2, -0.15) is 0 Å². The fraction of sp³-hybridized carbons (Fsp3) is 0.500. The molecule has 1 aliphatic heterocycles. The average molecular weight is 346 g/mol. The molecule has 22 heavy (non-hydrogen) atoms. The van der Waals surface area contributed by atoms with Crippen molar-refractivity contribution >= 4 is 35.8 Å². The Labute approximate surface area is 140 Å². The SMILES string of the molecule is CNC1CCN(C(=O)c2ccc(SC)c([N+](=O)[O-])c2)CC1.Cl. The third-order valence-corrected chi connectivity index (χ3v) is 4.60. The number of piperidine rings is 1. The summed E-state index contributed by atoms with van der Waals surface area (Å²) >= 11 is 1.31. The minimum Gasteiger partial charge on any atom is -0.339 e. The number of hydrogen-bond acceptors (Lipinski definition) is 5. The minimum absolute atomic E-state index is 0. The first-order valence-electron chi connectivity index (χ1n) is 6.85. The van der Waals surface area contributed by atoms with E-state index in [1.807, 2.05) is 7.05 Å². The van der Waals surface area contributed by atoms with Gasteiger partial charge in [-0.1, -0.05) is 0 Å². The molecule has 0 saturated carbocycles. The maximum atomic E-state index is 12.4. The third kappa shape index (κ3) is 4.12. The molecule has 1 aliphatic rings. The van der Waals surface area contributed by atoms with E-state index in [1.54, 1.807) is 23.3 Å². The van der Waals surface area contributed by atoms with Crippen LogP contribution in [0.15, 0.2) is 23.1 Å². The molecule has 1 fully saturated rings. The molecule has 6 nitrogen and oxygen atoms in total. The molecule has 0 unspecified atom stereocenters. The molecule has 0 radical (unpaired) electrons. The number of thioether (sulfide) groups is 1. The number of likely N-dealkylation sites (tertiary alicyclic amines) is 1. The summed E-state index contributed by atoms with van der Waals surface area (Å²) in [5, 5.41) is 14.3. The number of nitrogens with zero attached hydrogens (tertiary/aromatic N) is 2. The van der Waals surface area contributed by atoms with Crippen LogP contribution in [0.4, 0.5) is 5.69 Å². The molecule has 1 amide bonds. The summed E-state index contributed by atoms with van der Waals surface area (Å²) in [6.07, 6.45) is 3.60. The molecular weight excluding hydrogens is 326 g/mol. The number of benzene rings is 1. The maximum absolute atomic E-state index is 12.4. The Hall–Kier alpha value is -1.31. The number of rotatable bonds is 4. The molecule has 0 atom stereocenters. The molecule has 1 aromatic carbocycles. The van der Waals surface area contributed by atoms with Crippen molar-refractivity contribution in [3.63, 3.8) is 0 Å². The van der Waals surface area contributed by atoms with Gasteiger partial charge in [0.05, 0.1) is 9.82 Å². The fourth-order valence-electron chi connectivity index (χ4n) is 2.52. The summed E-state index contributed by atoms with van der Waals surface area (Å²) in [5.41, 5.74) is 0.390. The minimum atomic E-state index is -0.435. The van der Waals surface area contributed by atoms with E-state index in [1.165, 1.54) is 17.8 Å². The number of halogens is 1. The number of nitro benzene ring substituents is 1. The number of carbonyl (C=O) groups is 1. The van der Waals surface area contributed by atoms with Crippen molar-refractivity contribution in [3.8, 4) is 0 Å². The van der Waals surface area contributed by atoms with E-state index in [0.29, 0.717) is 29.6 Å². The second kappa shape index (κ2) is 8.36. The lowest BCUT2D eigenvalue weighted by Crippen LogP contribution is -2.43. The predicted molar refractivity (Wildman–Crippen MR) is 90.1 cm³/mol. The maximum Gasteiger partial charge on any atom is 0.283 e. The smallest absolute Gasteiger partial charge is 0.283 e. The first-order valence-corrected chi connectivity index (χ1v) is 8.08. The van der Waals surface area contributed by atoms with Gasteiger partial charge in [0.2, 0.25) is 0 Å². The van der Waals surface area contributed by atoms with Crippen LogP contribution in [0.25, 0.3) is 0 Å². The normalized spacial score (nSPS) is 15.3. The Kier molecular flexibility index (Phi) is 7.12. The zero-order valence-corrected chi connectivity index (χ0v) is 14.2. The van der Waals surface area contributed by atoms with Crippen LogP contribution in [0.2, 0.25) is 0 Å². The van der Waals surface area contributed by atoms with Crippen LogP contribution < -0.4 is 5.32 Å². The van der Waals surface area contributed by atoms with E-state index in [4.69, 9.17) is 0 Å². The van der Waals surface area contributed by atoms with Gasteiger partial charge in [-0.15, -0.1) is 24.2 Å². The van der Waals surface area contributed by atoms with Crippen molar-refractivity contribution in [2.24, 2.45) is 0 Å². The van der Waals surface area contributed by atoms with Gasteiger partial charge in [-0.25, -0.2) is 0 Å². The first-order chi connectivity index (χ1) is 10.1. The van der Waals surface area contributed by atoms with E-state index >= 15 is 0 Å². The van der Waals surface area contributed by atoms with Gasteiger partial charge >= 0.3 is 0 Å². The van der Waals surface area contributed by atoms with Crippen molar-refractivity contribution in [2.75, 3.05) is 26.4 Å². The first kappa shape index (κ1) is 18.7. The summed E-state index contributed by atoms with van der Waals surface area (Å²) in [5.74, 6) is -0.125. The fourth-order valence-corrected chi connectivity index (χ4v) is 3.07. The van der Waals surface area contributed by atoms with E-state index in [0.717, 1.165) is 12.8 Å². The molecule has 0 bridgehead atoms. The van der Waals surface area contributed by atoms with Crippen LogP contribution in [0.1, 0.15) is 23.2 Å². The summed E-state index contributed by atoms with van der Waals surface area (Å²) in [6, 6.07) is 5.15. The highest BCUT2D eigenvalue weighted by molar-refractivity contribution is 7.98. The second-order valence-electron chi connectivity index (χ2n) is 5.00. The molecule has 0 aromatic heterocycles. The number of hydrogen-bond donors (Lipinski definition) is 1. The number of nitrogens with one attached hydrogen (secondary N) is 1. The van der Waals surface area contributed by atoms with Gasteiger partial charge < -0.3 is 10.2 Å². The second-order valence-corrected chi connectivity index (χ2v) is 5.85. The Bertz CT molecular complexity index is 548. The summed E-state index contributed by atoms with van der Waals surface area (Å²) in [4.78, 5) is 25.4. The van der Waals surface area contributed by atoms with Gasteiger partial charge in [0.1, 0.15) is 0 Å². The quantitative estimate of drug-likeness (QED) is 0.515. The van der Waals surface area contributed by atoms with Gasteiger partial charge in [0, 0.05) is 30.8 Å². The monoisotopic (exact) mass is 345 g/mol. The van der Waals surface area contributed by atoms with Crippen LogP contribution in [0.3, 0.4) is 0 Å². The van der Waals surface area contributed by atoms with Crippen LogP contribution in [-0.4, -0.2) is 48.2 Å². The molecule has 1 N–H and O–H groups in total. The largest absolute Gasteiger partial charge is 0.339 e. The topological polar surface area (TPSA) is 75.5 Å². The average Bonchev–Trinajstić information content (AvgIpc) is 2.53. The molecule has 8 heteroatoms. The van der Waals surface area contributed by atoms with Crippen LogP contribution in [0.5, 0.6) is 0 Å². The lowest BCUT2D eigenvalue weighted by molar-refractivity contribution is -0.387. The van der Waals surface area contributed by atoms with Crippen LogP contribution in [-0.2, 0) is 0 Å². The van der Waals surface area contributed by atoms with E-state index in [2.05, 4.69) is 5.32 Å². The lowest BCUT2D eigenvalue weighted by atomic mass is 10.0. The Morgan fingerprint density at radius 1 is 1.41 bits per heavy atom. The Morgan fingerprint density at radius 2 is 2.05 bits per heavy atom. The van der Waals surface area contributed by atoms with Crippen molar-refractivity contribution in [2.45, 2.75) is 23.8 Å². The van der Waals surface area contributed by atoms with Gasteiger partial charge in [0.25, 0.3) is 11.6 Å². The van der Waals surface area contributed by atoms with Gasteiger partial charge in [-0.05, 0) is 38.3 Å². The molecular formula is C14H20ClN3O3S. The molecule has 0 spiro atoms. The van der Waals surface area contributed by atoms with Gasteiger partial charge in [0.15, 0.2) is 0 Å². The van der Waals surface area contributed by atoms with Gasteiger partial charge in [-0.3, -0.25) is 14.9 Å². The molecule has 1 heterocycles. The van der Waals surface area contributed by atoms with E-state index in [-0.39, 0.29) is 24.0 Å². The zero-order valence-electron chi connectivity index (χ0n) is 12.6. The van der Waals surface area contributed by atoms with Crippen molar-refractivity contribution in [1.82, 2.24) is 10.2 Å². The molecule has 2 rings (SSSR count). The Balaban J connectivity index is 0.00000242. The highest BCUT2D eigenvalue weighted by Crippen LogP contribution is 2.29. The van der Waals surface area contributed by atoms with Crippen molar-refractivity contribution in [1.29, 1.82) is 0 Å². The number of amides is 1. The zero-order chi connectivity index (χ0) is 15.4. The van der Waals surface area contributed by atoms with E-state index in [9.17, 15) is 14.9 Å². The lowest BCUT2D eigenvalue weighted by Gasteiger charge is -2.31. The van der Waals surface area contributed by atoms with E-state index < -0.39 is 4.92 Å². The summed E-state index contributed by atoms with van der Waals surface area (Å²) in [7, 11) is 1.92. The molecule has 0 aliphatic carbocycles. The highest BCUT2D eigenvalue weighted by atomic mass is 35.5. The standard InChI is InChI=1S/C14H19N3O3S.ClH/c1-15-11-5-7-16(8-6-11)14(18)10-3-4-13(21-2)12(9-10)17(19)20;/h3-4,9,11,15H,5-8H2,1-2H3;1H. The van der Waals surface area contributed by atoms with Crippen molar-refractivity contribution < 1.29 is 9.72 Å². The Morgan fingerprint density at radius 3 is 2.55 bits per heavy atom. The third-order valence-electron chi connectivity index (χ3n) is 3.81. The summed E-state index contributed by atoms with van der Waals surface area (Å²) < 4.78 is 0. The van der Waals surface area contributed by atoms with Crippen LogP contribution >= 0.6 is 24.2 Å². The molecule has 122 valence electrons.